The first kappa shape index (κ1) is 14.5. The lowest BCUT2D eigenvalue weighted by atomic mass is 10.3. The second kappa shape index (κ2) is 6.05. The molecule has 1 heterocycles. The highest BCUT2D eigenvalue weighted by Gasteiger charge is 2.23. The summed E-state index contributed by atoms with van der Waals surface area (Å²) in [7, 11) is -3.14. The number of hydrogen-bond donors (Lipinski definition) is 1. The predicted molar refractivity (Wildman–Crippen MR) is 75.5 cm³/mol. The highest BCUT2D eigenvalue weighted by Crippen LogP contribution is 2.28. The lowest BCUT2D eigenvalue weighted by Crippen LogP contribution is -2.23. The molecule has 1 fully saturated rings. The van der Waals surface area contributed by atoms with Gasteiger partial charge in [-0.2, -0.15) is 5.10 Å². The van der Waals surface area contributed by atoms with Gasteiger partial charge in [-0.3, -0.25) is 4.68 Å². The van der Waals surface area contributed by atoms with Gasteiger partial charge in [0.2, 0.25) is 0 Å². The molecule has 1 unspecified atom stereocenters. The number of hydrogen-bond acceptors (Lipinski definition) is 4. The van der Waals surface area contributed by atoms with Crippen LogP contribution < -0.4 is 5.73 Å². The van der Waals surface area contributed by atoms with Gasteiger partial charge in [-0.15, -0.1) is 0 Å². The SMILES string of the molecule is CC(CCN)S(=O)(=O)Cc1ccn(C2CCCC2)n1. The van der Waals surface area contributed by atoms with E-state index in [4.69, 9.17) is 5.73 Å². The summed E-state index contributed by atoms with van der Waals surface area (Å²) in [5, 5.41) is 4.03. The van der Waals surface area contributed by atoms with Gasteiger partial charge in [0.1, 0.15) is 0 Å². The molecule has 1 aromatic heterocycles. The Labute approximate surface area is 115 Å². The minimum Gasteiger partial charge on any atom is -0.330 e. The fraction of sp³-hybridized carbons (Fsp3) is 0.769. The van der Waals surface area contributed by atoms with Gasteiger partial charge >= 0.3 is 0 Å². The highest BCUT2D eigenvalue weighted by molar-refractivity contribution is 7.91. The zero-order chi connectivity index (χ0) is 13.9. The smallest absolute Gasteiger partial charge is 0.158 e. The van der Waals surface area contributed by atoms with Crippen LogP contribution in [-0.4, -0.2) is 30.0 Å². The third kappa shape index (κ3) is 3.57. The van der Waals surface area contributed by atoms with Gasteiger partial charge in [-0.05, 0) is 38.8 Å². The number of nitrogens with two attached hydrogens (primary N) is 1. The summed E-state index contributed by atoms with van der Waals surface area (Å²) in [4.78, 5) is 0. The van der Waals surface area contributed by atoms with Crippen LogP contribution in [0, 0.1) is 0 Å². The van der Waals surface area contributed by atoms with Crippen molar-refractivity contribution in [2.24, 2.45) is 5.73 Å². The van der Waals surface area contributed by atoms with E-state index in [9.17, 15) is 8.42 Å². The second-order valence-corrected chi connectivity index (χ2v) is 7.84. The third-order valence-electron chi connectivity index (χ3n) is 3.90. The summed E-state index contributed by atoms with van der Waals surface area (Å²) in [5.41, 5.74) is 6.07. The lowest BCUT2D eigenvalue weighted by molar-refractivity contribution is 0.464. The van der Waals surface area contributed by atoms with E-state index in [1.54, 1.807) is 6.92 Å². The maximum absolute atomic E-state index is 12.1. The molecule has 2 rings (SSSR count). The van der Waals surface area contributed by atoms with Crippen molar-refractivity contribution in [3.63, 3.8) is 0 Å². The minimum absolute atomic E-state index is 0.0217. The van der Waals surface area contributed by atoms with Gasteiger partial charge < -0.3 is 5.73 Å². The van der Waals surface area contributed by atoms with Crippen molar-refractivity contribution in [2.75, 3.05) is 6.54 Å². The van der Waals surface area contributed by atoms with Gasteiger partial charge in [0.25, 0.3) is 0 Å². The first-order valence-electron chi connectivity index (χ1n) is 6.98. The van der Waals surface area contributed by atoms with Crippen LogP contribution in [0.1, 0.15) is 50.8 Å². The molecular formula is C13H23N3O2S. The largest absolute Gasteiger partial charge is 0.330 e. The third-order valence-corrected chi connectivity index (χ3v) is 6.06. The fourth-order valence-corrected chi connectivity index (χ4v) is 3.94. The Morgan fingerprint density at radius 1 is 1.47 bits per heavy atom. The van der Waals surface area contributed by atoms with E-state index in [2.05, 4.69) is 5.10 Å². The average molecular weight is 285 g/mol. The van der Waals surface area contributed by atoms with E-state index < -0.39 is 15.1 Å². The Morgan fingerprint density at radius 3 is 2.79 bits per heavy atom. The van der Waals surface area contributed by atoms with Gasteiger partial charge in [-0.1, -0.05) is 12.8 Å². The lowest BCUT2D eigenvalue weighted by Gasteiger charge is -2.11. The molecule has 2 N–H and O–H groups in total. The van der Waals surface area contributed by atoms with Crippen molar-refractivity contribution in [1.82, 2.24) is 9.78 Å². The predicted octanol–water partition coefficient (Wildman–Crippen LogP) is 1.65. The maximum Gasteiger partial charge on any atom is 0.158 e. The van der Waals surface area contributed by atoms with Crippen LogP contribution >= 0.6 is 0 Å². The molecule has 1 saturated carbocycles. The monoisotopic (exact) mass is 285 g/mol. The molecule has 6 heteroatoms. The van der Waals surface area contributed by atoms with E-state index in [0.29, 0.717) is 24.7 Å². The quantitative estimate of drug-likeness (QED) is 0.862. The van der Waals surface area contributed by atoms with E-state index >= 15 is 0 Å². The molecule has 5 nitrogen and oxygen atoms in total. The van der Waals surface area contributed by atoms with Crippen LogP contribution in [0.2, 0.25) is 0 Å². The summed E-state index contributed by atoms with van der Waals surface area (Å²) in [6, 6.07) is 2.28. The van der Waals surface area contributed by atoms with Crippen molar-refractivity contribution < 1.29 is 8.42 Å². The van der Waals surface area contributed by atoms with Crippen molar-refractivity contribution in [2.45, 2.75) is 56.1 Å². The van der Waals surface area contributed by atoms with E-state index in [1.807, 2.05) is 16.9 Å². The molecule has 0 saturated heterocycles. The molecule has 108 valence electrons. The molecule has 1 aliphatic carbocycles. The highest BCUT2D eigenvalue weighted by atomic mass is 32.2. The van der Waals surface area contributed by atoms with Crippen molar-refractivity contribution in [3.8, 4) is 0 Å². The Bertz CT molecular complexity index is 504. The molecule has 0 aromatic carbocycles. The van der Waals surface area contributed by atoms with Crippen molar-refractivity contribution in [1.29, 1.82) is 0 Å². The summed E-state index contributed by atoms with van der Waals surface area (Å²) < 4.78 is 26.2. The van der Waals surface area contributed by atoms with Gasteiger partial charge in [0, 0.05) is 6.20 Å². The van der Waals surface area contributed by atoms with E-state index in [1.165, 1.54) is 12.8 Å². The Balaban J connectivity index is 2.03. The Hall–Kier alpha value is -0.880. The zero-order valence-electron chi connectivity index (χ0n) is 11.5. The molecular weight excluding hydrogens is 262 g/mol. The second-order valence-electron chi connectivity index (χ2n) is 5.42. The van der Waals surface area contributed by atoms with Crippen LogP contribution in [0.4, 0.5) is 0 Å². The van der Waals surface area contributed by atoms with Crippen LogP contribution in [0.15, 0.2) is 12.3 Å². The standard InChI is InChI=1S/C13H23N3O2S/c1-11(6-8-14)19(17,18)10-12-7-9-16(15-12)13-4-2-3-5-13/h7,9,11,13H,2-6,8,10,14H2,1H3. The molecule has 19 heavy (non-hydrogen) atoms. The average Bonchev–Trinajstić information content (AvgIpc) is 2.98. The van der Waals surface area contributed by atoms with Gasteiger partial charge in [-0.25, -0.2) is 8.42 Å². The molecule has 0 spiro atoms. The number of sulfone groups is 1. The van der Waals surface area contributed by atoms with Crippen molar-refractivity contribution in [3.05, 3.63) is 18.0 Å². The molecule has 0 bridgehead atoms. The van der Waals surface area contributed by atoms with Crippen LogP contribution in [0.5, 0.6) is 0 Å². The Kier molecular flexibility index (Phi) is 4.62. The number of aromatic nitrogens is 2. The summed E-state index contributed by atoms with van der Waals surface area (Å²) in [6.07, 6.45) is 7.20. The summed E-state index contributed by atoms with van der Waals surface area (Å²) >= 11 is 0. The molecule has 0 aliphatic heterocycles. The first-order chi connectivity index (χ1) is 9.03. The maximum atomic E-state index is 12.1. The topological polar surface area (TPSA) is 78.0 Å². The van der Waals surface area contributed by atoms with Crippen LogP contribution in [0.3, 0.4) is 0 Å². The number of rotatable bonds is 6. The van der Waals surface area contributed by atoms with E-state index in [0.717, 1.165) is 12.8 Å². The van der Waals surface area contributed by atoms with Gasteiger partial charge in [0.15, 0.2) is 9.84 Å². The fourth-order valence-electron chi connectivity index (χ4n) is 2.59. The Morgan fingerprint density at radius 2 is 2.16 bits per heavy atom. The van der Waals surface area contributed by atoms with E-state index in [-0.39, 0.29) is 5.75 Å². The summed E-state index contributed by atoms with van der Waals surface area (Å²) in [6.45, 7) is 2.12. The molecule has 1 atom stereocenters. The minimum atomic E-state index is -3.14. The zero-order valence-corrected chi connectivity index (χ0v) is 12.3. The van der Waals surface area contributed by atoms with Crippen LogP contribution in [0.25, 0.3) is 0 Å². The molecule has 0 amide bonds. The number of nitrogens with zero attached hydrogens (tertiary/aromatic N) is 2. The summed E-state index contributed by atoms with van der Waals surface area (Å²) in [5.74, 6) is 0.0217. The molecule has 1 aromatic rings. The molecule has 1 aliphatic rings. The first-order valence-corrected chi connectivity index (χ1v) is 8.70. The van der Waals surface area contributed by atoms with Gasteiger partial charge in [0.05, 0.1) is 22.7 Å². The van der Waals surface area contributed by atoms with Crippen molar-refractivity contribution >= 4 is 9.84 Å². The van der Waals surface area contributed by atoms with Crippen LogP contribution in [-0.2, 0) is 15.6 Å². The molecule has 0 radical (unpaired) electrons. The normalized spacial score (nSPS) is 18.8.